The van der Waals surface area contributed by atoms with Gasteiger partial charge in [-0.15, -0.1) is 0 Å². The number of hydrogen-bond donors (Lipinski definition) is 0. The van der Waals surface area contributed by atoms with Gasteiger partial charge in [-0.2, -0.15) is 0 Å². The van der Waals surface area contributed by atoms with Gasteiger partial charge in [-0.1, -0.05) is 30.3 Å². The SMILES string of the molecule is c1ccc(CN2C[C@H]3CC[C@@H](C2)N(Cc2cnc(N4CCOCC4)nc2)C3)cc1. The number of ether oxygens (including phenoxy) is 1. The van der Waals surface area contributed by atoms with Crippen molar-refractivity contribution >= 4 is 5.95 Å². The van der Waals surface area contributed by atoms with Crippen LogP contribution < -0.4 is 4.90 Å². The number of nitrogens with zero attached hydrogens (tertiary/aromatic N) is 5. The molecule has 0 amide bonds. The van der Waals surface area contributed by atoms with Crippen molar-refractivity contribution in [2.24, 2.45) is 5.92 Å². The second-order valence-corrected chi connectivity index (χ2v) is 8.70. The molecule has 0 N–H and O–H groups in total. The molecule has 6 heteroatoms. The first-order valence-corrected chi connectivity index (χ1v) is 11.0. The molecule has 4 saturated heterocycles. The molecule has 0 saturated carbocycles. The predicted molar refractivity (Wildman–Crippen MR) is 114 cm³/mol. The second-order valence-electron chi connectivity index (χ2n) is 8.70. The molecule has 1 aromatic carbocycles. The molecule has 4 aliphatic heterocycles. The Labute approximate surface area is 173 Å². The number of morpholine rings is 1. The van der Waals surface area contributed by atoms with Crippen LogP contribution in [0.25, 0.3) is 0 Å². The van der Waals surface area contributed by atoms with Crippen LogP contribution in [-0.2, 0) is 17.8 Å². The van der Waals surface area contributed by atoms with E-state index in [0.717, 1.165) is 57.8 Å². The van der Waals surface area contributed by atoms with Crippen LogP contribution in [0.4, 0.5) is 5.95 Å². The average molecular weight is 394 g/mol. The number of piperidine rings is 1. The summed E-state index contributed by atoms with van der Waals surface area (Å²) in [6.07, 6.45) is 6.72. The van der Waals surface area contributed by atoms with Gasteiger partial charge in [0.2, 0.25) is 5.95 Å². The zero-order valence-electron chi connectivity index (χ0n) is 17.1. The predicted octanol–water partition coefficient (Wildman–Crippen LogP) is 2.41. The summed E-state index contributed by atoms with van der Waals surface area (Å²) < 4.78 is 5.42. The van der Waals surface area contributed by atoms with E-state index in [1.807, 2.05) is 12.4 Å². The summed E-state index contributed by atoms with van der Waals surface area (Å²) in [6.45, 7) is 8.90. The molecule has 0 aliphatic carbocycles. The molecule has 1 aromatic heterocycles. The van der Waals surface area contributed by atoms with Crippen LogP contribution in [0.5, 0.6) is 0 Å². The fraction of sp³-hybridized carbons (Fsp3) is 0.565. The zero-order chi connectivity index (χ0) is 19.5. The molecule has 0 spiro atoms. The molecular formula is C23H31N5O. The molecule has 0 radical (unpaired) electrons. The van der Waals surface area contributed by atoms with Crippen LogP contribution in [0.15, 0.2) is 42.7 Å². The van der Waals surface area contributed by atoms with Gasteiger partial charge in [-0.3, -0.25) is 9.80 Å². The Hall–Kier alpha value is -2.02. The fourth-order valence-electron chi connectivity index (χ4n) is 5.03. The molecule has 6 rings (SSSR count). The first kappa shape index (κ1) is 19.0. The van der Waals surface area contributed by atoms with E-state index in [9.17, 15) is 0 Å². The van der Waals surface area contributed by atoms with Crippen molar-refractivity contribution in [2.75, 3.05) is 50.8 Å². The lowest BCUT2D eigenvalue weighted by molar-refractivity contribution is 0.121. The number of benzene rings is 1. The van der Waals surface area contributed by atoms with E-state index >= 15 is 0 Å². The van der Waals surface area contributed by atoms with Gasteiger partial charge in [0, 0.05) is 69.8 Å². The van der Waals surface area contributed by atoms with Crippen molar-refractivity contribution < 1.29 is 4.74 Å². The van der Waals surface area contributed by atoms with Crippen molar-refractivity contribution in [3.8, 4) is 0 Å². The molecule has 29 heavy (non-hydrogen) atoms. The molecule has 6 nitrogen and oxygen atoms in total. The van der Waals surface area contributed by atoms with Gasteiger partial charge >= 0.3 is 0 Å². The maximum atomic E-state index is 5.42. The zero-order valence-corrected chi connectivity index (χ0v) is 17.1. The van der Waals surface area contributed by atoms with E-state index in [1.165, 1.54) is 37.1 Å². The summed E-state index contributed by atoms with van der Waals surface area (Å²) in [7, 11) is 0. The Balaban J connectivity index is 1.22. The molecule has 2 atom stereocenters. The third-order valence-electron chi connectivity index (χ3n) is 6.52. The molecule has 4 fully saturated rings. The number of aromatic nitrogens is 2. The van der Waals surface area contributed by atoms with Gasteiger partial charge in [-0.05, 0) is 24.3 Å². The average Bonchev–Trinajstić information content (AvgIpc) is 3.06. The van der Waals surface area contributed by atoms with Gasteiger partial charge in [0.1, 0.15) is 0 Å². The Morgan fingerprint density at radius 3 is 2.45 bits per heavy atom. The second kappa shape index (κ2) is 8.78. The summed E-state index contributed by atoms with van der Waals surface area (Å²) in [4.78, 5) is 16.8. The lowest BCUT2D eigenvalue weighted by Gasteiger charge is -2.36. The van der Waals surface area contributed by atoms with Gasteiger partial charge in [-0.25, -0.2) is 9.97 Å². The highest BCUT2D eigenvalue weighted by atomic mass is 16.5. The normalized spacial score (nSPS) is 25.9. The maximum absolute atomic E-state index is 5.42. The van der Waals surface area contributed by atoms with E-state index in [2.05, 4.69) is 55.0 Å². The Kier molecular flexibility index (Phi) is 5.74. The summed E-state index contributed by atoms with van der Waals surface area (Å²) in [5, 5.41) is 0. The van der Waals surface area contributed by atoms with E-state index < -0.39 is 0 Å². The monoisotopic (exact) mass is 393 g/mol. The number of fused-ring (bicyclic) bond motifs is 4. The third kappa shape index (κ3) is 4.60. The van der Waals surface area contributed by atoms with Crippen molar-refractivity contribution in [1.29, 1.82) is 0 Å². The maximum Gasteiger partial charge on any atom is 0.225 e. The van der Waals surface area contributed by atoms with Crippen LogP contribution >= 0.6 is 0 Å². The summed E-state index contributed by atoms with van der Waals surface area (Å²) in [5.41, 5.74) is 2.65. The molecule has 2 aromatic rings. The Morgan fingerprint density at radius 2 is 1.66 bits per heavy atom. The summed E-state index contributed by atoms with van der Waals surface area (Å²) in [5.74, 6) is 1.61. The quantitative estimate of drug-likeness (QED) is 0.777. The molecule has 5 heterocycles. The molecular weight excluding hydrogens is 362 g/mol. The smallest absolute Gasteiger partial charge is 0.225 e. The standard InChI is InChI=1S/C23H31N5O/c1-2-4-19(5-3-1)14-26-15-20-6-7-22(18-26)28(16-20)17-21-12-24-23(25-13-21)27-8-10-29-11-9-27/h1-5,12-13,20,22H,6-11,14-18H2/t20-,22+/m1/s1. The molecule has 2 bridgehead atoms. The fourth-order valence-corrected chi connectivity index (χ4v) is 5.03. The largest absolute Gasteiger partial charge is 0.378 e. The number of anilines is 1. The lowest BCUT2D eigenvalue weighted by Crippen LogP contribution is -2.43. The minimum atomic E-state index is 0.636. The van der Waals surface area contributed by atoms with Crippen LogP contribution in [0.2, 0.25) is 0 Å². The van der Waals surface area contributed by atoms with Crippen LogP contribution in [-0.4, -0.2) is 71.7 Å². The first-order chi connectivity index (χ1) is 14.3. The topological polar surface area (TPSA) is 44.7 Å². The Morgan fingerprint density at radius 1 is 0.862 bits per heavy atom. The molecule has 4 aliphatic rings. The molecule has 0 unspecified atom stereocenters. The number of hydrogen-bond acceptors (Lipinski definition) is 6. The number of rotatable bonds is 5. The van der Waals surface area contributed by atoms with E-state index in [-0.39, 0.29) is 0 Å². The first-order valence-electron chi connectivity index (χ1n) is 11.0. The van der Waals surface area contributed by atoms with Crippen LogP contribution in [0.1, 0.15) is 24.0 Å². The van der Waals surface area contributed by atoms with E-state index in [0.29, 0.717) is 6.04 Å². The van der Waals surface area contributed by atoms with E-state index in [4.69, 9.17) is 4.74 Å². The highest BCUT2D eigenvalue weighted by molar-refractivity contribution is 5.30. The van der Waals surface area contributed by atoms with Crippen molar-refractivity contribution in [3.63, 3.8) is 0 Å². The molecule has 154 valence electrons. The highest BCUT2D eigenvalue weighted by Crippen LogP contribution is 2.30. The van der Waals surface area contributed by atoms with Gasteiger partial charge < -0.3 is 9.64 Å². The van der Waals surface area contributed by atoms with Crippen molar-refractivity contribution in [2.45, 2.75) is 32.0 Å². The van der Waals surface area contributed by atoms with Gasteiger partial charge in [0.05, 0.1) is 13.2 Å². The summed E-state index contributed by atoms with van der Waals surface area (Å²) in [6, 6.07) is 11.5. The van der Waals surface area contributed by atoms with Crippen LogP contribution in [0, 0.1) is 5.92 Å². The van der Waals surface area contributed by atoms with Crippen LogP contribution in [0.3, 0.4) is 0 Å². The Bertz CT molecular complexity index is 778. The van der Waals surface area contributed by atoms with Gasteiger partial charge in [0.15, 0.2) is 0 Å². The van der Waals surface area contributed by atoms with Crippen molar-refractivity contribution in [1.82, 2.24) is 19.8 Å². The minimum absolute atomic E-state index is 0.636. The highest BCUT2D eigenvalue weighted by Gasteiger charge is 2.34. The van der Waals surface area contributed by atoms with E-state index in [1.54, 1.807) is 0 Å². The lowest BCUT2D eigenvalue weighted by atomic mass is 9.95. The minimum Gasteiger partial charge on any atom is -0.378 e. The summed E-state index contributed by atoms with van der Waals surface area (Å²) >= 11 is 0. The van der Waals surface area contributed by atoms with Crippen molar-refractivity contribution in [3.05, 3.63) is 53.9 Å². The van der Waals surface area contributed by atoms with Gasteiger partial charge in [0.25, 0.3) is 0 Å². The third-order valence-corrected chi connectivity index (χ3v) is 6.52.